The standard InChI is InChI=1S/C13H21N3O2S/c1-4-15-12-5-6-14-8-13(12)19(17,18)16-9-10(2)7-11(16)3/h5-6,8,10-11H,4,7,9H2,1-3H3,(H,14,15). The Kier molecular flexibility index (Phi) is 4.10. The molecule has 0 bridgehead atoms. The van der Waals surface area contributed by atoms with Crippen LogP contribution in [0, 0.1) is 5.92 Å². The van der Waals surface area contributed by atoms with E-state index in [1.165, 1.54) is 6.20 Å². The summed E-state index contributed by atoms with van der Waals surface area (Å²) in [6, 6.07) is 1.76. The topological polar surface area (TPSA) is 62.3 Å². The van der Waals surface area contributed by atoms with Crippen molar-refractivity contribution in [1.82, 2.24) is 9.29 Å². The Labute approximate surface area is 115 Å². The number of nitrogens with zero attached hydrogens (tertiary/aromatic N) is 2. The van der Waals surface area contributed by atoms with Gasteiger partial charge in [0.2, 0.25) is 10.0 Å². The lowest BCUT2D eigenvalue weighted by atomic mass is 10.1. The highest BCUT2D eigenvalue weighted by Gasteiger charge is 2.37. The van der Waals surface area contributed by atoms with Gasteiger partial charge in [-0.2, -0.15) is 4.31 Å². The van der Waals surface area contributed by atoms with E-state index in [4.69, 9.17) is 0 Å². The first kappa shape index (κ1) is 14.3. The monoisotopic (exact) mass is 283 g/mol. The SMILES string of the molecule is CCNc1ccncc1S(=O)(=O)N1CC(C)CC1C. The number of nitrogens with one attached hydrogen (secondary N) is 1. The molecule has 1 fully saturated rings. The summed E-state index contributed by atoms with van der Waals surface area (Å²) in [5.74, 6) is 0.407. The fourth-order valence-electron chi connectivity index (χ4n) is 2.64. The van der Waals surface area contributed by atoms with Gasteiger partial charge in [-0.1, -0.05) is 6.92 Å². The molecular formula is C13H21N3O2S. The second-order valence-corrected chi connectivity index (χ2v) is 7.03. The molecule has 1 N–H and O–H groups in total. The van der Waals surface area contributed by atoms with Crippen LogP contribution < -0.4 is 5.32 Å². The van der Waals surface area contributed by atoms with Gasteiger partial charge < -0.3 is 5.32 Å². The molecule has 1 aliphatic heterocycles. The molecule has 1 aliphatic rings. The average Bonchev–Trinajstić information content (AvgIpc) is 2.70. The van der Waals surface area contributed by atoms with E-state index >= 15 is 0 Å². The second kappa shape index (κ2) is 5.46. The van der Waals surface area contributed by atoms with Gasteiger partial charge in [-0.25, -0.2) is 8.42 Å². The molecule has 19 heavy (non-hydrogen) atoms. The second-order valence-electron chi connectivity index (χ2n) is 5.17. The molecule has 0 amide bonds. The fourth-order valence-corrected chi connectivity index (χ4v) is 4.52. The van der Waals surface area contributed by atoms with Crippen LogP contribution in [0.25, 0.3) is 0 Å². The number of anilines is 1. The smallest absolute Gasteiger partial charge is 0.246 e. The van der Waals surface area contributed by atoms with E-state index in [9.17, 15) is 8.42 Å². The van der Waals surface area contributed by atoms with Crippen molar-refractivity contribution in [3.63, 3.8) is 0 Å². The lowest BCUT2D eigenvalue weighted by Gasteiger charge is -2.22. The van der Waals surface area contributed by atoms with Crippen molar-refractivity contribution in [3.8, 4) is 0 Å². The summed E-state index contributed by atoms with van der Waals surface area (Å²) in [7, 11) is -3.47. The first-order valence-electron chi connectivity index (χ1n) is 6.66. The summed E-state index contributed by atoms with van der Waals surface area (Å²) in [6.07, 6.45) is 3.95. The van der Waals surface area contributed by atoms with Gasteiger partial charge >= 0.3 is 0 Å². The molecule has 6 heteroatoms. The maximum atomic E-state index is 12.7. The van der Waals surface area contributed by atoms with Gasteiger partial charge in [0.25, 0.3) is 0 Å². The summed E-state index contributed by atoms with van der Waals surface area (Å²) in [6.45, 7) is 7.25. The molecule has 0 aliphatic carbocycles. The van der Waals surface area contributed by atoms with Gasteiger partial charge in [0.05, 0.1) is 5.69 Å². The summed E-state index contributed by atoms with van der Waals surface area (Å²) in [4.78, 5) is 4.24. The largest absolute Gasteiger partial charge is 0.384 e. The van der Waals surface area contributed by atoms with Crippen LogP contribution in [0.2, 0.25) is 0 Å². The van der Waals surface area contributed by atoms with Crippen LogP contribution in [-0.2, 0) is 10.0 Å². The van der Waals surface area contributed by atoms with E-state index in [0.29, 0.717) is 24.7 Å². The van der Waals surface area contributed by atoms with Crippen LogP contribution in [0.1, 0.15) is 27.2 Å². The van der Waals surface area contributed by atoms with Crippen molar-refractivity contribution in [2.45, 2.75) is 38.1 Å². The van der Waals surface area contributed by atoms with Crippen molar-refractivity contribution in [3.05, 3.63) is 18.5 Å². The van der Waals surface area contributed by atoms with E-state index in [-0.39, 0.29) is 10.9 Å². The Morgan fingerprint density at radius 3 is 2.79 bits per heavy atom. The molecule has 1 aromatic heterocycles. The highest BCUT2D eigenvalue weighted by atomic mass is 32.2. The molecule has 0 saturated carbocycles. The van der Waals surface area contributed by atoms with E-state index in [1.54, 1.807) is 16.6 Å². The van der Waals surface area contributed by atoms with E-state index < -0.39 is 10.0 Å². The zero-order valence-corrected chi connectivity index (χ0v) is 12.4. The molecule has 5 nitrogen and oxygen atoms in total. The molecule has 106 valence electrons. The minimum atomic E-state index is -3.47. The fraction of sp³-hybridized carbons (Fsp3) is 0.615. The molecule has 1 saturated heterocycles. The van der Waals surface area contributed by atoms with Crippen molar-refractivity contribution < 1.29 is 8.42 Å². The van der Waals surface area contributed by atoms with Crippen LogP contribution in [0.3, 0.4) is 0 Å². The van der Waals surface area contributed by atoms with Gasteiger partial charge in [0, 0.05) is 31.5 Å². The molecule has 0 aromatic carbocycles. The zero-order valence-electron chi connectivity index (χ0n) is 11.6. The molecule has 2 rings (SSSR count). The van der Waals surface area contributed by atoms with E-state index in [1.807, 2.05) is 13.8 Å². The Hall–Kier alpha value is -1.14. The Bertz CT molecular complexity index is 545. The van der Waals surface area contributed by atoms with E-state index in [2.05, 4.69) is 17.2 Å². The number of hydrogen-bond donors (Lipinski definition) is 1. The molecule has 0 spiro atoms. The first-order valence-corrected chi connectivity index (χ1v) is 8.10. The number of pyridine rings is 1. The third-order valence-electron chi connectivity index (χ3n) is 3.47. The van der Waals surface area contributed by atoms with Crippen molar-refractivity contribution in [2.75, 3.05) is 18.4 Å². The third-order valence-corrected chi connectivity index (χ3v) is 5.47. The first-order chi connectivity index (χ1) is 8.96. The predicted octanol–water partition coefficient (Wildman–Crippen LogP) is 1.93. The number of hydrogen-bond acceptors (Lipinski definition) is 4. The van der Waals surface area contributed by atoms with Crippen LogP contribution in [0.4, 0.5) is 5.69 Å². The van der Waals surface area contributed by atoms with Gasteiger partial charge in [0.15, 0.2) is 0 Å². The Morgan fingerprint density at radius 1 is 1.47 bits per heavy atom. The molecule has 2 atom stereocenters. The molecule has 2 heterocycles. The lowest BCUT2D eigenvalue weighted by molar-refractivity contribution is 0.405. The Morgan fingerprint density at radius 2 is 2.21 bits per heavy atom. The summed E-state index contributed by atoms with van der Waals surface area (Å²) < 4.78 is 27.1. The van der Waals surface area contributed by atoms with E-state index in [0.717, 1.165) is 6.42 Å². The number of sulfonamides is 1. The van der Waals surface area contributed by atoms with Crippen LogP contribution in [0.15, 0.2) is 23.4 Å². The predicted molar refractivity (Wildman–Crippen MR) is 75.5 cm³/mol. The van der Waals surface area contributed by atoms with Crippen molar-refractivity contribution >= 4 is 15.7 Å². The maximum Gasteiger partial charge on any atom is 0.246 e. The maximum absolute atomic E-state index is 12.7. The molecule has 0 radical (unpaired) electrons. The zero-order chi connectivity index (χ0) is 14.0. The normalized spacial score (nSPS) is 24.6. The third kappa shape index (κ3) is 2.74. The van der Waals surface area contributed by atoms with Gasteiger partial charge in [-0.05, 0) is 32.3 Å². The van der Waals surface area contributed by atoms with Crippen LogP contribution >= 0.6 is 0 Å². The Balaban J connectivity index is 2.40. The molecule has 1 aromatic rings. The highest BCUT2D eigenvalue weighted by molar-refractivity contribution is 7.89. The number of rotatable bonds is 4. The minimum absolute atomic E-state index is 0.0506. The summed E-state index contributed by atoms with van der Waals surface area (Å²) in [5.41, 5.74) is 0.629. The summed E-state index contributed by atoms with van der Waals surface area (Å²) >= 11 is 0. The van der Waals surface area contributed by atoms with Crippen molar-refractivity contribution in [1.29, 1.82) is 0 Å². The quantitative estimate of drug-likeness (QED) is 0.917. The van der Waals surface area contributed by atoms with Crippen LogP contribution in [0.5, 0.6) is 0 Å². The number of aromatic nitrogens is 1. The van der Waals surface area contributed by atoms with Gasteiger partial charge in [-0.15, -0.1) is 0 Å². The van der Waals surface area contributed by atoms with Crippen molar-refractivity contribution in [2.24, 2.45) is 5.92 Å². The minimum Gasteiger partial charge on any atom is -0.384 e. The molecule has 2 unspecified atom stereocenters. The lowest BCUT2D eigenvalue weighted by Crippen LogP contribution is -2.34. The highest BCUT2D eigenvalue weighted by Crippen LogP contribution is 2.31. The molecular weight excluding hydrogens is 262 g/mol. The van der Waals surface area contributed by atoms with Crippen LogP contribution in [-0.4, -0.2) is 36.8 Å². The van der Waals surface area contributed by atoms with Gasteiger partial charge in [0.1, 0.15) is 4.90 Å². The average molecular weight is 283 g/mol. The summed E-state index contributed by atoms with van der Waals surface area (Å²) in [5, 5.41) is 3.09. The van der Waals surface area contributed by atoms with Gasteiger partial charge in [-0.3, -0.25) is 4.98 Å².